The van der Waals surface area contributed by atoms with Gasteiger partial charge in [-0.1, -0.05) is 6.07 Å². The lowest BCUT2D eigenvalue weighted by molar-refractivity contribution is -0.116. The number of hydrogen-bond acceptors (Lipinski definition) is 3. The van der Waals surface area contributed by atoms with Crippen LogP contribution in [0.25, 0.3) is 0 Å². The van der Waals surface area contributed by atoms with Crippen molar-refractivity contribution in [1.29, 1.82) is 0 Å². The molecule has 0 aliphatic carbocycles. The van der Waals surface area contributed by atoms with E-state index >= 15 is 0 Å². The van der Waals surface area contributed by atoms with E-state index in [-0.39, 0.29) is 18.4 Å². The van der Waals surface area contributed by atoms with Gasteiger partial charge in [0.05, 0.1) is 0 Å². The Morgan fingerprint density at radius 2 is 2.15 bits per heavy atom. The number of likely N-dealkylation sites (N-methyl/N-ethyl adjacent to an activating group) is 1. The number of nitrogens with zero attached hydrogens (tertiary/aromatic N) is 2. The highest BCUT2D eigenvalue weighted by molar-refractivity contribution is 5.92. The van der Waals surface area contributed by atoms with Gasteiger partial charge >= 0.3 is 6.03 Å². The van der Waals surface area contributed by atoms with E-state index in [4.69, 9.17) is 5.73 Å². The smallest absolute Gasteiger partial charge is 0.319 e. The highest BCUT2D eigenvalue weighted by atomic mass is 16.2. The van der Waals surface area contributed by atoms with Crippen molar-refractivity contribution in [2.45, 2.75) is 13.3 Å². The minimum absolute atomic E-state index is 0.0158. The molecule has 20 heavy (non-hydrogen) atoms. The zero-order chi connectivity index (χ0) is 14.7. The standard InChI is InChI=1S/C14H20N4O2/c1-10-11(15)4-3-5-12(10)16-13(19)6-7-18-9-8-17(2)14(18)20/h3-5H,6-9,15H2,1-2H3,(H,16,19). The normalized spacial score (nSPS) is 14.8. The minimum atomic E-state index is -0.110. The average molecular weight is 276 g/mol. The first-order valence-corrected chi connectivity index (χ1v) is 6.64. The number of urea groups is 1. The third-order valence-corrected chi connectivity index (χ3v) is 3.56. The van der Waals surface area contributed by atoms with Gasteiger partial charge in [-0.2, -0.15) is 0 Å². The third-order valence-electron chi connectivity index (χ3n) is 3.56. The fourth-order valence-electron chi connectivity index (χ4n) is 2.15. The summed E-state index contributed by atoms with van der Waals surface area (Å²) in [4.78, 5) is 26.9. The number of anilines is 2. The van der Waals surface area contributed by atoms with E-state index in [1.807, 2.05) is 13.0 Å². The SMILES string of the molecule is Cc1c(N)cccc1NC(=O)CCN1CCN(C)C1=O. The van der Waals surface area contributed by atoms with Crippen LogP contribution >= 0.6 is 0 Å². The average Bonchev–Trinajstić information content (AvgIpc) is 2.73. The Labute approximate surface area is 118 Å². The first kappa shape index (κ1) is 14.2. The molecule has 1 aliphatic heterocycles. The Morgan fingerprint density at radius 3 is 2.80 bits per heavy atom. The molecule has 0 unspecified atom stereocenters. The van der Waals surface area contributed by atoms with Crippen molar-refractivity contribution in [2.24, 2.45) is 0 Å². The summed E-state index contributed by atoms with van der Waals surface area (Å²) in [6, 6.07) is 5.40. The van der Waals surface area contributed by atoms with E-state index in [2.05, 4.69) is 5.32 Å². The maximum Gasteiger partial charge on any atom is 0.319 e. The molecule has 1 aliphatic rings. The van der Waals surface area contributed by atoms with Crippen LogP contribution in [0, 0.1) is 6.92 Å². The van der Waals surface area contributed by atoms with Crippen molar-refractivity contribution in [3.05, 3.63) is 23.8 Å². The van der Waals surface area contributed by atoms with Gasteiger partial charge in [0.1, 0.15) is 0 Å². The van der Waals surface area contributed by atoms with Crippen molar-refractivity contribution in [3.8, 4) is 0 Å². The summed E-state index contributed by atoms with van der Waals surface area (Å²) in [7, 11) is 1.76. The zero-order valence-electron chi connectivity index (χ0n) is 11.8. The maximum atomic E-state index is 11.9. The molecule has 2 rings (SSSR count). The molecule has 1 heterocycles. The lowest BCUT2D eigenvalue weighted by Gasteiger charge is -2.16. The van der Waals surface area contributed by atoms with Gasteiger partial charge in [0.2, 0.25) is 5.91 Å². The van der Waals surface area contributed by atoms with Gasteiger partial charge in [0.25, 0.3) is 0 Å². The number of hydrogen-bond donors (Lipinski definition) is 2. The van der Waals surface area contributed by atoms with Crippen LogP contribution in [0.3, 0.4) is 0 Å². The van der Waals surface area contributed by atoms with Crippen LogP contribution in [-0.2, 0) is 4.79 Å². The molecule has 108 valence electrons. The van der Waals surface area contributed by atoms with Crippen LogP contribution in [0.1, 0.15) is 12.0 Å². The monoisotopic (exact) mass is 276 g/mol. The quantitative estimate of drug-likeness (QED) is 0.813. The lowest BCUT2D eigenvalue weighted by atomic mass is 10.1. The molecule has 0 atom stereocenters. The van der Waals surface area contributed by atoms with Crippen LogP contribution in [0.2, 0.25) is 0 Å². The second kappa shape index (κ2) is 5.81. The van der Waals surface area contributed by atoms with Crippen molar-refractivity contribution in [1.82, 2.24) is 9.80 Å². The molecule has 3 N–H and O–H groups in total. The molecule has 6 nitrogen and oxygen atoms in total. The molecule has 0 saturated carbocycles. The first-order valence-electron chi connectivity index (χ1n) is 6.64. The van der Waals surface area contributed by atoms with Gasteiger partial charge in [0, 0.05) is 44.5 Å². The Balaban J connectivity index is 1.87. The Bertz CT molecular complexity index is 530. The predicted octanol–water partition coefficient (Wildman–Crippen LogP) is 1.27. The minimum Gasteiger partial charge on any atom is -0.398 e. The van der Waals surface area contributed by atoms with Crippen LogP contribution in [0.15, 0.2) is 18.2 Å². The number of nitrogen functional groups attached to an aromatic ring is 1. The first-order chi connectivity index (χ1) is 9.49. The van der Waals surface area contributed by atoms with Crippen LogP contribution in [0.4, 0.5) is 16.2 Å². The summed E-state index contributed by atoms with van der Waals surface area (Å²) >= 11 is 0. The third kappa shape index (κ3) is 3.01. The molecule has 1 fully saturated rings. The molecule has 0 bridgehead atoms. The van der Waals surface area contributed by atoms with Gasteiger partial charge in [-0.3, -0.25) is 4.79 Å². The van der Waals surface area contributed by atoms with Gasteiger partial charge in [-0.05, 0) is 24.6 Å². The van der Waals surface area contributed by atoms with Crippen molar-refractivity contribution < 1.29 is 9.59 Å². The molecule has 0 radical (unpaired) electrons. The van der Waals surface area contributed by atoms with E-state index < -0.39 is 0 Å². The molecule has 1 aromatic carbocycles. The highest BCUT2D eigenvalue weighted by Gasteiger charge is 2.25. The van der Waals surface area contributed by atoms with Gasteiger partial charge in [0.15, 0.2) is 0 Å². The van der Waals surface area contributed by atoms with Crippen molar-refractivity contribution in [2.75, 3.05) is 37.7 Å². The number of benzene rings is 1. The number of nitrogens with two attached hydrogens (primary N) is 1. The summed E-state index contributed by atoms with van der Waals surface area (Å²) < 4.78 is 0. The van der Waals surface area contributed by atoms with Crippen molar-refractivity contribution in [3.63, 3.8) is 0 Å². The molecule has 0 spiro atoms. The number of nitrogens with one attached hydrogen (secondary N) is 1. The van der Waals surface area contributed by atoms with Crippen molar-refractivity contribution >= 4 is 23.3 Å². The van der Waals surface area contributed by atoms with Gasteiger partial charge < -0.3 is 20.9 Å². The Kier molecular flexibility index (Phi) is 4.12. The van der Waals surface area contributed by atoms with E-state index in [1.54, 1.807) is 29.0 Å². The fourth-order valence-corrected chi connectivity index (χ4v) is 2.15. The van der Waals surface area contributed by atoms with Gasteiger partial charge in [-0.15, -0.1) is 0 Å². The van der Waals surface area contributed by atoms with E-state index in [0.717, 1.165) is 17.8 Å². The van der Waals surface area contributed by atoms with E-state index in [1.165, 1.54) is 0 Å². The summed E-state index contributed by atoms with van der Waals surface area (Å²) in [6.45, 7) is 3.70. The molecular weight excluding hydrogens is 256 g/mol. The van der Waals surface area contributed by atoms with Crippen LogP contribution in [0.5, 0.6) is 0 Å². The molecular formula is C14H20N4O2. The fraction of sp³-hybridized carbons (Fsp3) is 0.429. The topological polar surface area (TPSA) is 78.7 Å². The Hall–Kier alpha value is -2.24. The van der Waals surface area contributed by atoms with E-state index in [0.29, 0.717) is 18.8 Å². The number of carbonyl (C=O) groups excluding carboxylic acids is 2. The second-order valence-corrected chi connectivity index (χ2v) is 5.01. The molecule has 3 amide bonds. The second-order valence-electron chi connectivity index (χ2n) is 5.01. The number of amides is 3. The molecule has 1 aromatic rings. The number of rotatable bonds is 4. The summed E-state index contributed by atoms with van der Waals surface area (Å²) in [5, 5.41) is 2.83. The van der Waals surface area contributed by atoms with Crippen LogP contribution < -0.4 is 11.1 Å². The Morgan fingerprint density at radius 1 is 1.40 bits per heavy atom. The highest BCUT2D eigenvalue weighted by Crippen LogP contribution is 2.20. The molecule has 0 aromatic heterocycles. The van der Waals surface area contributed by atoms with E-state index in [9.17, 15) is 9.59 Å². The molecule has 1 saturated heterocycles. The summed E-state index contributed by atoms with van der Waals surface area (Å²) in [5.74, 6) is -0.110. The molecule has 6 heteroatoms. The zero-order valence-corrected chi connectivity index (χ0v) is 11.8. The number of carbonyl (C=O) groups is 2. The lowest BCUT2D eigenvalue weighted by Crippen LogP contribution is -2.32. The summed E-state index contributed by atoms with van der Waals surface area (Å²) in [5.41, 5.74) is 8.03. The summed E-state index contributed by atoms with van der Waals surface area (Å²) in [6.07, 6.45) is 0.286. The van der Waals surface area contributed by atoms with Crippen LogP contribution in [-0.4, -0.2) is 48.4 Å². The van der Waals surface area contributed by atoms with Gasteiger partial charge in [-0.25, -0.2) is 4.79 Å². The maximum absolute atomic E-state index is 11.9. The predicted molar refractivity (Wildman–Crippen MR) is 78.4 cm³/mol. The largest absolute Gasteiger partial charge is 0.398 e.